The summed E-state index contributed by atoms with van der Waals surface area (Å²) < 4.78 is 0. The zero-order valence-electron chi connectivity index (χ0n) is 19.2. The second-order valence-electron chi connectivity index (χ2n) is 8.08. The molecule has 0 unspecified atom stereocenters. The number of unbranched alkanes of at least 4 members (excludes halogenated alkanes) is 11. The Labute approximate surface area is 212 Å². The number of aliphatic hydroxyl groups excluding tert-OH is 1. The van der Waals surface area contributed by atoms with Gasteiger partial charge in [0.25, 0.3) is 0 Å². The number of allylic oxidation sites excluding steroid dienone is 2. The molecular formula is C24H47N2NaO4. The topological polar surface area (TPSA) is 89.9 Å². The Balaban J connectivity index is 0. The first-order valence-corrected chi connectivity index (χ1v) is 12.1. The van der Waals surface area contributed by atoms with Gasteiger partial charge in [-0.15, -0.1) is 0 Å². The number of nitrogens with one attached hydrogen (secondary N) is 1. The van der Waals surface area contributed by atoms with E-state index in [-0.39, 0.29) is 48.6 Å². The standard InChI is InChI=1S/C24H46N2O4.Na.H/c1-2-3-4-5-6-7-8-9-10-11-12-13-14-15-16-17-23(28)25-18-19-26(20-21-27)22-24(29)30;;/h9-10,27H,2-8,11-22H2,1H3,(H,25,28)(H,29,30);;/b10-9-;;. The quantitative estimate of drug-likeness (QED) is 0.132. The number of carboxylic acids is 1. The number of amides is 1. The minimum absolute atomic E-state index is 0. The van der Waals surface area contributed by atoms with E-state index in [2.05, 4.69) is 24.4 Å². The van der Waals surface area contributed by atoms with E-state index in [0.29, 0.717) is 26.1 Å². The van der Waals surface area contributed by atoms with E-state index in [9.17, 15) is 9.59 Å². The molecule has 0 heterocycles. The van der Waals surface area contributed by atoms with Crippen molar-refractivity contribution in [2.45, 2.75) is 96.8 Å². The van der Waals surface area contributed by atoms with Gasteiger partial charge in [-0.05, 0) is 32.1 Å². The number of aliphatic carboxylic acids is 1. The molecule has 0 aromatic heterocycles. The van der Waals surface area contributed by atoms with Gasteiger partial charge in [0.1, 0.15) is 0 Å². The van der Waals surface area contributed by atoms with E-state index in [4.69, 9.17) is 10.2 Å². The molecular weight excluding hydrogens is 403 g/mol. The number of nitrogens with zero attached hydrogens (tertiary/aromatic N) is 1. The summed E-state index contributed by atoms with van der Waals surface area (Å²) in [5, 5.41) is 20.6. The molecule has 0 saturated carbocycles. The van der Waals surface area contributed by atoms with E-state index in [1.165, 1.54) is 64.2 Å². The van der Waals surface area contributed by atoms with Crippen LogP contribution in [0.25, 0.3) is 0 Å². The summed E-state index contributed by atoms with van der Waals surface area (Å²) in [7, 11) is 0. The number of carbonyl (C=O) groups excluding carboxylic acids is 1. The molecule has 178 valence electrons. The van der Waals surface area contributed by atoms with Crippen LogP contribution in [0.4, 0.5) is 0 Å². The zero-order chi connectivity index (χ0) is 22.3. The first-order valence-electron chi connectivity index (χ1n) is 12.1. The third-order valence-corrected chi connectivity index (χ3v) is 5.19. The van der Waals surface area contributed by atoms with Gasteiger partial charge in [-0.25, -0.2) is 0 Å². The molecule has 0 radical (unpaired) electrons. The summed E-state index contributed by atoms with van der Waals surface area (Å²) >= 11 is 0. The van der Waals surface area contributed by atoms with Crippen molar-refractivity contribution in [3.8, 4) is 0 Å². The zero-order valence-corrected chi connectivity index (χ0v) is 19.2. The van der Waals surface area contributed by atoms with Crippen LogP contribution < -0.4 is 5.32 Å². The maximum atomic E-state index is 11.8. The van der Waals surface area contributed by atoms with Gasteiger partial charge < -0.3 is 15.5 Å². The van der Waals surface area contributed by atoms with Crippen molar-refractivity contribution in [3.05, 3.63) is 12.2 Å². The SMILES string of the molecule is CCCCCCCC/C=C\CCCCCCCC(=O)NCCN(CCO)CC(=O)O.[NaH]. The van der Waals surface area contributed by atoms with Gasteiger partial charge >= 0.3 is 35.5 Å². The average molecular weight is 451 g/mol. The molecule has 1 amide bonds. The fourth-order valence-electron chi connectivity index (χ4n) is 3.40. The van der Waals surface area contributed by atoms with Crippen molar-refractivity contribution in [3.63, 3.8) is 0 Å². The van der Waals surface area contributed by atoms with E-state index in [1.807, 2.05) is 0 Å². The van der Waals surface area contributed by atoms with E-state index in [0.717, 1.165) is 19.3 Å². The molecule has 0 saturated heterocycles. The second kappa shape index (κ2) is 25.9. The van der Waals surface area contributed by atoms with Crippen molar-refractivity contribution in [2.24, 2.45) is 0 Å². The monoisotopic (exact) mass is 450 g/mol. The normalized spacial score (nSPS) is 11.1. The van der Waals surface area contributed by atoms with Crippen molar-refractivity contribution in [2.75, 3.05) is 32.8 Å². The molecule has 0 aliphatic rings. The van der Waals surface area contributed by atoms with Gasteiger partial charge in [-0.2, -0.15) is 0 Å². The van der Waals surface area contributed by atoms with Gasteiger partial charge in [0.2, 0.25) is 5.91 Å². The number of carboxylic acid groups (broad SMARTS) is 1. The van der Waals surface area contributed by atoms with Gasteiger partial charge in [0, 0.05) is 26.1 Å². The van der Waals surface area contributed by atoms with Crippen molar-refractivity contribution >= 4 is 41.4 Å². The third-order valence-electron chi connectivity index (χ3n) is 5.19. The molecule has 0 bridgehead atoms. The predicted octanol–water partition coefficient (Wildman–Crippen LogP) is 3.87. The number of hydrogen-bond donors (Lipinski definition) is 3. The van der Waals surface area contributed by atoms with Crippen molar-refractivity contribution in [1.29, 1.82) is 0 Å². The average Bonchev–Trinajstić information content (AvgIpc) is 2.70. The number of rotatable bonds is 22. The maximum absolute atomic E-state index is 11.8. The molecule has 0 aliphatic carbocycles. The summed E-state index contributed by atoms with van der Waals surface area (Å²) in [5.74, 6) is -0.907. The van der Waals surface area contributed by atoms with Gasteiger partial charge in [0.15, 0.2) is 0 Å². The van der Waals surface area contributed by atoms with Crippen LogP contribution >= 0.6 is 0 Å². The summed E-state index contributed by atoms with van der Waals surface area (Å²) in [6.45, 7) is 3.20. The summed E-state index contributed by atoms with van der Waals surface area (Å²) in [4.78, 5) is 24.2. The number of carbonyl (C=O) groups is 2. The van der Waals surface area contributed by atoms with Crippen LogP contribution in [0.2, 0.25) is 0 Å². The third kappa shape index (κ3) is 25.7. The molecule has 6 nitrogen and oxygen atoms in total. The van der Waals surface area contributed by atoms with E-state index >= 15 is 0 Å². The first kappa shape index (κ1) is 32.8. The fourth-order valence-corrected chi connectivity index (χ4v) is 3.40. The second-order valence-corrected chi connectivity index (χ2v) is 8.08. The van der Waals surface area contributed by atoms with Crippen LogP contribution in [-0.4, -0.2) is 89.3 Å². The first-order chi connectivity index (χ1) is 14.6. The van der Waals surface area contributed by atoms with Crippen LogP contribution in [0, 0.1) is 0 Å². The van der Waals surface area contributed by atoms with Crippen LogP contribution in [0.5, 0.6) is 0 Å². The van der Waals surface area contributed by atoms with Crippen molar-refractivity contribution < 1.29 is 19.8 Å². The molecule has 7 heteroatoms. The Hall–Kier alpha value is -0.400. The molecule has 0 aromatic rings. The van der Waals surface area contributed by atoms with Crippen LogP contribution in [0.1, 0.15) is 96.8 Å². The fraction of sp³-hybridized carbons (Fsp3) is 0.833. The molecule has 0 rings (SSSR count). The Bertz CT molecular complexity index is 447. The Morgan fingerprint density at radius 1 is 0.839 bits per heavy atom. The predicted molar refractivity (Wildman–Crippen MR) is 131 cm³/mol. The summed E-state index contributed by atoms with van der Waals surface area (Å²) in [6.07, 6.45) is 21.3. The van der Waals surface area contributed by atoms with Crippen LogP contribution in [0.15, 0.2) is 12.2 Å². The summed E-state index contributed by atoms with van der Waals surface area (Å²) in [6, 6.07) is 0. The molecule has 0 spiro atoms. The Morgan fingerprint density at radius 2 is 1.39 bits per heavy atom. The van der Waals surface area contributed by atoms with Gasteiger partial charge in [-0.1, -0.05) is 70.4 Å². The number of hydrogen-bond acceptors (Lipinski definition) is 4. The molecule has 0 aliphatic heterocycles. The summed E-state index contributed by atoms with van der Waals surface area (Å²) in [5.41, 5.74) is 0. The van der Waals surface area contributed by atoms with Crippen LogP contribution in [-0.2, 0) is 9.59 Å². The van der Waals surface area contributed by atoms with Crippen LogP contribution in [0.3, 0.4) is 0 Å². The Kier molecular flexibility index (Phi) is 27.3. The number of aliphatic hydroxyl groups is 1. The van der Waals surface area contributed by atoms with E-state index < -0.39 is 5.97 Å². The van der Waals surface area contributed by atoms with E-state index in [1.54, 1.807) is 4.90 Å². The molecule has 0 aromatic carbocycles. The van der Waals surface area contributed by atoms with Gasteiger partial charge in [0.05, 0.1) is 13.2 Å². The minimum atomic E-state index is -0.928. The van der Waals surface area contributed by atoms with Gasteiger partial charge in [-0.3, -0.25) is 14.5 Å². The Morgan fingerprint density at radius 3 is 1.94 bits per heavy atom. The van der Waals surface area contributed by atoms with Crippen molar-refractivity contribution in [1.82, 2.24) is 10.2 Å². The molecule has 31 heavy (non-hydrogen) atoms. The molecule has 0 atom stereocenters. The molecule has 0 fully saturated rings. The molecule has 3 N–H and O–H groups in total.